The van der Waals surface area contributed by atoms with Gasteiger partial charge in [0.05, 0.1) is 11.1 Å². The molecule has 0 saturated heterocycles. The Balaban J connectivity index is 1.38. The van der Waals surface area contributed by atoms with E-state index in [-0.39, 0.29) is 5.56 Å². The Bertz CT molecular complexity index is 992. The third-order valence-corrected chi connectivity index (χ3v) is 6.11. The molecule has 1 aliphatic heterocycles. The number of ether oxygens (including phenoxy) is 3. The molecule has 2 aromatic rings. The Kier molecular flexibility index (Phi) is 5.67. The number of nitrogens with one attached hydrogen (secondary N) is 1. The molecule has 2 aliphatic rings. The van der Waals surface area contributed by atoms with Crippen molar-refractivity contribution in [2.45, 2.75) is 32.1 Å². The van der Waals surface area contributed by atoms with Crippen LogP contribution in [-0.2, 0) is 22.4 Å². The summed E-state index contributed by atoms with van der Waals surface area (Å²) in [5.41, 5.74) is 1.87. The molecule has 29 heavy (non-hydrogen) atoms. The zero-order valence-corrected chi connectivity index (χ0v) is 16.6. The van der Waals surface area contributed by atoms with Crippen molar-refractivity contribution in [3.05, 3.63) is 39.8 Å². The van der Waals surface area contributed by atoms with E-state index in [2.05, 4.69) is 11.4 Å². The largest absolute Gasteiger partial charge is 0.486 e. The van der Waals surface area contributed by atoms with Crippen molar-refractivity contribution < 1.29 is 23.8 Å². The van der Waals surface area contributed by atoms with Crippen LogP contribution in [0.15, 0.2) is 18.2 Å². The number of hydrogen-bond acceptors (Lipinski definition) is 7. The number of thiophene rings is 1. The number of benzene rings is 1. The average Bonchev–Trinajstić information content (AvgIpc) is 2.90. The van der Waals surface area contributed by atoms with Crippen LogP contribution in [0.3, 0.4) is 0 Å². The van der Waals surface area contributed by atoms with E-state index in [0.717, 1.165) is 37.7 Å². The molecule has 0 saturated carbocycles. The molecule has 7 nitrogen and oxygen atoms in total. The van der Waals surface area contributed by atoms with Gasteiger partial charge in [-0.05, 0) is 49.4 Å². The van der Waals surface area contributed by atoms with Gasteiger partial charge in [0.1, 0.15) is 24.3 Å². The predicted molar refractivity (Wildman–Crippen MR) is 107 cm³/mol. The first-order valence-corrected chi connectivity index (χ1v) is 10.4. The molecule has 0 fully saturated rings. The van der Waals surface area contributed by atoms with E-state index >= 15 is 0 Å². The van der Waals surface area contributed by atoms with Crippen LogP contribution in [0.2, 0.25) is 0 Å². The van der Waals surface area contributed by atoms with Crippen molar-refractivity contribution in [1.82, 2.24) is 0 Å². The molecule has 1 N–H and O–H groups in total. The first-order valence-electron chi connectivity index (χ1n) is 9.57. The zero-order chi connectivity index (χ0) is 20.2. The van der Waals surface area contributed by atoms with E-state index < -0.39 is 18.5 Å². The number of amides is 1. The van der Waals surface area contributed by atoms with Gasteiger partial charge in [-0.3, -0.25) is 4.79 Å². The average molecular weight is 412 g/mol. The molecule has 1 aromatic carbocycles. The Hall–Kier alpha value is -3.05. The van der Waals surface area contributed by atoms with Crippen molar-refractivity contribution in [3.63, 3.8) is 0 Å². The third-order valence-electron chi connectivity index (χ3n) is 4.90. The Morgan fingerprint density at radius 2 is 1.93 bits per heavy atom. The highest BCUT2D eigenvalue weighted by Gasteiger charge is 2.22. The highest BCUT2D eigenvalue weighted by atomic mass is 32.1. The fraction of sp³-hybridized carbons (Fsp3) is 0.381. The third kappa shape index (κ3) is 4.20. The van der Waals surface area contributed by atoms with Gasteiger partial charge in [-0.2, -0.15) is 5.26 Å². The fourth-order valence-electron chi connectivity index (χ4n) is 3.50. The van der Waals surface area contributed by atoms with Crippen LogP contribution in [-0.4, -0.2) is 31.7 Å². The standard InChI is InChI=1S/C21H20N2O5S/c22-11-15-14-4-2-1-3-5-18(14)29-20(15)23-19(24)12-28-21(25)13-6-7-16-17(10-13)27-9-8-26-16/h6-7,10H,1-5,8-9,12H2,(H,23,24). The quantitative estimate of drug-likeness (QED) is 0.610. The van der Waals surface area contributed by atoms with Gasteiger partial charge in [-0.1, -0.05) is 6.42 Å². The normalized spacial score (nSPS) is 14.9. The van der Waals surface area contributed by atoms with E-state index in [9.17, 15) is 14.9 Å². The topological polar surface area (TPSA) is 97.7 Å². The Labute approximate surface area is 172 Å². The summed E-state index contributed by atoms with van der Waals surface area (Å²) in [5, 5.41) is 12.8. The summed E-state index contributed by atoms with van der Waals surface area (Å²) in [6.07, 6.45) is 5.11. The lowest BCUT2D eigenvalue weighted by Gasteiger charge is -2.18. The zero-order valence-electron chi connectivity index (χ0n) is 15.8. The van der Waals surface area contributed by atoms with Crippen molar-refractivity contribution in [3.8, 4) is 17.6 Å². The van der Waals surface area contributed by atoms with Crippen molar-refractivity contribution in [2.75, 3.05) is 25.1 Å². The molecule has 150 valence electrons. The molecule has 0 atom stereocenters. The number of carbonyl (C=O) groups excluding carboxylic acids is 2. The van der Waals surface area contributed by atoms with Crippen molar-refractivity contribution >= 4 is 28.2 Å². The number of esters is 1. The Morgan fingerprint density at radius 1 is 1.14 bits per heavy atom. The molecule has 0 radical (unpaired) electrons. The van der Waals surface area contributed by atoms with Crippen LogP contribution in [0, 0.1) is 11.3 Å². The van der Waals surface area contributed by atoms with Gasteiger partial charge < -0.3 is 19.5 Å². The van der Waals surface area contributed by atoms with Crippen LogP contribution in [0.1, 0.15) is 45.6 Å². The van der Waals surface area contributed by atoms with Crippen molar-refractivity contribution in [1.29, 1.82) is 5.26 Å². The lowest BCUT2D eigenvalue weighted by molar-refractivity contribution is -0.119. The summed E-state index contributed by atoms with van der Waals surface area (Å²) >= 11 is 1.45. The van der Waals surface area contributed by atoms with E-state index in [1.54, 1.807) is 18.2 Å². The Morgan fingerprint density at radius 3 is 2.76 bits per heavy atom. The van der Waals surface area contributed by atoms with E-state index in [4.69, 9.17) is 14.2 Å². The molecule has 0 spiro atoms. The summed E-state index contributed by atoms with van der Waals surface area (Å²) in [6, 6.07) is 6.97. The van der Waals surface area contributed by atoms with E-state index in [1.165, 1.54) is 16.2 Å². The van der Waals surface area contributed by atoms with Crippen LogP contribution < -0.4 is 14.8 Å². The predicted octanol–water partition coefficient (Wildman–Crippen LogP) is 3.46. The molecule has 1 aliphatic carbocycles. The SMILES string of the molecule is N#Cc1c(NC(=O)COC(=O)c2ccc3c(c2)OCCO3)sc2c1CCCCC2. The number of nitrogens with zero attached hydrogens (tertiary/aromatic N) is 1. The minimum atomic E-state index is -0.625. The van der Waals surface area contributed by atoms with Gasteiger partial charge in [0.15, 0.2) is 18.1 Å². The van der Waals surface area contributed by atoms with Gasteiger partial charge in [0.2, 0.25) is 0 Å². The van der Waals surface area contributed by atoms with Crippen LogP contribution in [0.5, 0.6) is 11.5 Å². The second-order valence-electron chi connectivity index (χ2n) is 6.86. The van der Waals surface area contributed by atoms with Gasteiger partial charge in [0, 0.05) is 4.88 Å². The van der Waals surface area contributed by atoms with Gasteiger partial charge in [-0.15, -0.1) is 11.3 Å². The van der Waals surface area contributed by atoms with E-state index in [0.29, 0.717) is 35.3 Å². The molecule has 1 amide bonds. The minimum Gasteiger partial charge on any atom is -0.486 e. The summed E-state index contributed by atoms with van der Waals surface area (Å²) in [4.78, 5) is 25.7. The lowest BCUT2D eigenvalue weighted by atomic mass is 10.1. The van der Waals surface area contributed by atoms with Gasteiger partial charge >= 0.3 is 5.97 Å². The molecule has 8 heteroatoms. The smallest absolute Gasteiger partial charge is 0.338 e. The molecule has 2 heterocycles. The number of rotatable bonds is 4. The van der Waals surface area contributed by atoms with Crippen molar-refractivity contribution in [2.24, 2.45) is 0 Å². The number of nitriles is 1. The van der Waals surface area contributed by atoms with Crippen LogP contribution in [0.25, 0.3) is 0 Å². The van der Waals surface area contributed by atoms with Crippen LogP contribution in [0.4, 0.5) is 5.00 Å². The summed E-state index contributed by atoms with van der Waals surface area (Å²) in [7, 11) is 0. The minimum absolute atomic E-state index is 0.280. The number of anilines is 1. The second kappa shape index (κ2) is 8.53. The number of carbonyl (C=O) groups is 2. The maximum atomic E-state index is 12.3. The number of aryl methyl sites for hydroxylation is 1. The van der Waals surface area contributed by atoms with E-state index in [1.807, 2.05) is 0 Å². The first-order chi connectivity index (χ1) is 14.2. The molecule has 0 bridgehead atoms. The maximum Gasteiger partial charge on any atom is 0.338 e. The summed E-state index contributed by atoms with van der Waals surface area (Å²) in [6.45, 7) is 0.453. The maximum absolute atomic E-state index is 12.3. The second-order valence-corrected chi connectivity index (χ2v) is 7.97. The summed E-state index contributed by atoms with van der Waals surface area (Å²) in [5.74, 6) is -0.0377. The molecule has 4 rings (SSSR count). The van der Waals surface area contributed by atoms with Gasteiger partial charge in [0.25, 0.3) is 5.91 Å². The molecule has 1 aromatic heterocycles. The lowest BCUT2D eigenvalue weighted by Crippen LogP contribution is -2.21. The molecular weight excluding hydrogens is 392 g/mol. The highest BCUT2D eigenvalue weighted by molar-refractivity contribution is 7.16. The van der Waals surface area contributed by atoms with Crippen LogP contribution >= 0.6 is 11.3 Å². The fourth-order valence-corrected chi connectivity index (χ4v) is 4.75. The molecule has 0 unspecified atom stereocenters. The first kappa shape index (κ1) is 19.3. The number of hydrogen-bond donors (Lipinski definition) is 1. The highest BCUT2D eigenvalue weighted by Crippen LogP contribution is 2.37. The molecular formula is C21H20N2O5S. The summed E-state index contributed by atoms with van der Waals surface area (Å²) < 4.78 is 16.0. The monoisotopic (exact) mass is 412 g/mol. The van der Waals surface area contributed by atoms with Gasteiger partial charge in [-0.25, -0.2) is 4.79 Å². The number of fused-ring (bicyclic) bond motifs is 2.